The maximum atomic E-state index is 12.8. The topological polar surface area (TPSA) is 73.1 Å². The van der Waals surface area contributed by atoms with Crippen LogP contribution in [-0.2, 0) is 6.54 Å². The molecule has 7 heteroatoms. The van der Waals surface area contributed by atoms with Gasteiger partial charge in [-0.25, -0.2) is 15.0 Å². The van der Waals surface area contributed by atoms with Crippen LogP contribution in [-0.4, -0.2) is 49.5 Å². The number of imidazole rings is 1. The lowest BCUT2D eigenvalue weighted by atomic mass is 10.1. The molecule has 1 aromatic carbocycles. The standard InChI is InChI=1S/C21H23N5O2/c1-16-12-23-21(24-13-16)28-19-6-9-26(10-7-19)20(27)18-4-2-17(3-5-18)14-25-11-8-22-15-25/h2-5,8,11-13,15,19H,6-7,9-10,14H2,1H3. The molecule has 1 fully saturated rings. The molecule has 28 heavy (non-hydrogen) atoms. The Bertz CT molecular complexity index is 899. The number of aromatic nitrogens is 4. The molecule has 3 heterocycles. The Kier molecular flexibility index (Phi) is 5.32. The van der Waals surface area contributed by atoms with Gasteiger partial charge in [-0.1, -0.05) is 12.1 Å². The number of likely N-dealkylation sites (tertiary alicyclic amines) is 1. The smallest absolute Gasteiger partial charge is 0.316 e. The Balaban J connectivity index is 1.30. The predicted octanol–water partition coefficient (Wildman–Crippen LogP) is 2.71. The third-order valence-corrected chi connectivity index (χ3v) is 4.88. The summed E-state index contributed by atoms with van der Waals surface area (Å²) in [7, 11) is 0. The van der Waals surface area contributed by atoms with E-state index in [0.717, 1.165) is 36.1 Å². The molecule has 0 spiro atoms. The Labute approximate surface area is 164 Å². The zero-order chi connectivity index (χ0) is 19.3. The molecule has 1 aliphatic rings. The van der Waals surface area contributed by atoms with E-state index in [2.05, 4.69) is 15.0 Å². The van der Waals surface area contributed by atoms with Crippen molar-refractivity contribution in [2.75, 3.05) is 13.1 Å². The van der Waals surface area contributed by atoms with Crippen molar-refractivity contribution >= 4 is 5.91 Å². The summed E-state index contributed by atoms with van der Waals surface area (Å²) in [5, 5.41) is 0. The van der Waals surface area contributed by atoms with Gasteiger partial charge in [0.05, 0.1) is 6.33 Å². The molecule has 3 aromatic rings. The van der Waals surface area contributed by atoms with E-state index in [1.807, 2.05) is 46.9 Å². The summed E-state index contributed by atoms with van der Waals surface area (Å²) < 4.78 is 7.84. The summed E-state index contributed by atoms with van der Waals surface area (Å²) in [5.74, 6) is 0.0687. The van der Waals surface area contributed by atoms with Gasteiger partial charge in [0.15, 0.2) is 0 Å². The number of benzene rings is 1. The van der Waals surface area contributed by atoms with E-state index in [0.29, 0.717) is 19.1 Å². The fourth-order valence-corrected chi connectivity index (χ4v) is 3.29. The predicted molar refractivity (Wildman–Crippen MR) is 104 cm³/mol. The molecule has 0 radical (unpaired) electrons. The monoisotopic (exact) mass is 377 g/mol. The molecular weight excluding hydrogens is 354 g/mol. The van der Waals surface area contributed by atoms with Crippen molar-refractivity contribution in [1.29, 1.82) is 0 Å². The molecular formula is C21H23N5O2. The van der Waals surface area contributed by atoms with Crippen LogP contribution < -0.4 is 4.74 Å². The number of carbonyl (C=O) groups is 1. The molecule has 0 saturated carbocycles. The van der Waals surface area contributed by atoms with Gasteiger partial charge in [0.1, 0.15) is 6.10 Å². The molecule has 7 nitrogen and oxygen atoms in total. The van der Waals surface area contributed by atoms with Crippen molar-refractivity contribution in [2.45, 2.75) is 32.4 Å². The Morgan fingerprint density at radius 1 is 1.14 bits per heavy atom. The van der Waals surface area contributed by atoms with Gasteiger partial charge in [0.2, 0.25) is 0 Å². The second kappa shape index (κ2) is 8.21. The lowest BCUT2D eigenvalue weighted by Gasteiger charge is -2.31. The second-order valence-electron chi connectivity index (χ2n) is 7.08. The first-order chi connectivity index (χ1) is 13.7. The summed E-state index contributed by atoms with van der Waals surface area (Å²) in [6.45, 7) is 4.04. The molecule has 1 amide bonds. The van der Waals surface area contributed by atoms with Crippen molar-refractivity contribution < 1.29 is 9.53 Å². The first-order valence-corrected chi connectivity index (χ1v) is 9.46. The summed E-state index contributed by atoms with van der Waals surface area (Å²) in [4.78, 5) is 27.1. The Hall–Kier alpha value is -3.22. The number of amides is 1. The highest BCUT2D eigenvalue weighted by Gasteiger charge is 2.25. The number of ether oxygens (including phenoxy) is 1. The lowest BCUT2D eigenvalue weighted by molar-refractivity contribution is 0.0578. The van der Waals surface area contributed by atoms with Crippen molar-refractivity contribution in [3.63, 3.8) is 0 Å². The van der Waals surface area contributed by atoms with Crippen LogP contribution in [0.3, 0.4) is 0 Å². The van der Waals surface area contributed by atoms with Gasteiger partial charge in [-0.2, -0.15) is 0 Å². The van der Waals surface area contributed by atoms with E-state index >= 15 is 0 Å². The zero-order valence-electron chi connectivity index (χ0n) is 15.9. The van der Waals surface area contributed by atoms with Gasteiger partial charge in [-0.15, -0.1) is 0 Å². The second-order valence-corrected chi connectivity index (χ2v) is 7.08. The largest absolute Gasteiger partial charge is 0.460 e. The minimum Gasteiger partial charge on any atom is -0.460 e. The molecule has 4 rings (SSSR count). The number of hydrogen-bond acceptors (Lipinski definition) is 5. The third kappa shape index (κ3) is 4.36. The van der Waals surface area contributed by atoms with E-state index in [9.17, 15) is 4.79 Å². The van der Waals surface area contributed by atoms with Gasteiger partial charge < -0.3 is 14.2 Å². The molecule has 0 aliphatic carbocycles. The van der Waals surface area contributed by atoms with Gasteiger partial charge >= 0.3 is 6.01 Å². The fraction of sp³-hybridized carbons (Fsp3) is 0.333. The Morgan fingerprint density at radius 3 is 2.50 bits per heavy atom. The van der Waals surface area contributed by atoms with Gasteiger partial charge in [-0.3, -0.25) is 4.79 Å². The van der Waals surface area contributed by atoms with Gasteiger partial charge in [-0.05, 0) is 30.2 Å². The quantitative estimate of drug-likeness (QED) is 0.684. The summed E-state index contributed by atoms with van der Waals surface area (Å²) in [6, 6.07) is 8.20. The normalized spacial score (nSPS) is 14.8. The fourth-order valence-electron chi connectivity index (χ4n) is 3.29. The summed E-state index contributed by atoms with van der Waals surface area (Å²) in [6.07, 6.45) is 10.6. The number of hydrogen-bond donors (Lipinski definition) is 0. The molecule has 1 aliphatic heterocycles. The van der Waals surface area contributed by atoms with Crippen molar-refractivity contribution in [2.24, 2.45) is 0 Å². The van der Waals surface area contributed by atoms with Crippen LogP contribution in [0.1, 0.15) is 34.3 Å². The van der Waals surface area contributed by atoms with Crippen LogP contribution in [0.2, 0.25) is 0 Å². The van der Waals surface area contributed by atoms with Crippen LogP contribution in [0.5, 0.6) is 6.01 Å². The third-order valence-electron chi connectivity index (χ3n) is 4.88. The molecule has 2 aromatic heterocycles. The van der Waals surface area contributed by atoms with Crippen molar-refractivity contribution in [1.82, 2.24) is 24.4 Å². The van der Waals surface area contributed by atoms with Crippen LogP contribution in [0.25, 0.3) is 0 Å². The van der Waals surface area contributed by atoms with Gasteiger partial charge in [0.25, 0.3) is 5.91 Å². The number of carbonyl (C=O) groups excluding carboxylic acids is 1. The number of piperidine rings is 1. The minimum absolute atomic E-state index is 0.0457. The van der Waals surface area contributed by atoms with Gasteiger partial charge in [0, 0.05) is 62.8 Å². The number of nitrogens with zero attached hydrogens (tertiary/aromatic N) is 5. The molecule has 0 bridgehead atoms. The maximum Gasteiger partial charge on any atom is 0.316 e. The number of aryl methyl sites for hydroxylation is 1. The van der Waals surface area contributed by atoms with E-state index in [4.69, 9.17) is 4.74 Å². The van der Waals surface area contributed by atoms with Crippen LogP contribution in [0, 0.1) is 6.92 Å². The lowest BCUT2D eigenvalue weighted by Crippen LogP contribution is -2.41. The molecule has 1 saturated heterocycles. The molecule has 0 atom stereocenters. The van der Waals surface area contributed by atoms with Crippen LogP contribution >= 0.6 is 0 Å². The van der Waals surface area contributed by atoms with Crippen LogP contribution in [0.4, 0.5) is 0 Å². The van der Waals surface area contributed by atoms with E-state index in [1.54, 1.807) is 24.9 Å². The SMILES string of the molecule is Cc1cnc(OC2CCN(C(=O)c3ccc(Cn4ccnc4)cc3)CC2)nc1. The summed E-state index contributed by atoms with van der Waals surface area (Å²) >= 11 is 0. The highest BCUT2D eigenvalue weighted by Crippen LogP contribution is 2.18. The first kappa shape index (κ1) is 18.2. The van der Waals surface area contributed by atoms with Crippen molar-refractivity contribution in [3.8, 4) is 6.01 Å². The van der Waals surface area contributed by atoms with Crippen LogP contribution in [0.15, 0.2) is 55.4 Å². The van der Waals surface area contributed by atoms with Crippen molar-refractivity contribution in [3.05, 3.63) is 72.1 Å². The molecule has 0 unspecified atom stereocenters. The number of rotatable bonds is 5. The average Bonchev–Trinajstić information content (AvgIpc) is 3.23. The minimum atomic E-state index is 0.0457. The molecule has 144 valence electrons. The molecule has 0 N–H and O–H groups in total. The first-order valence-electron chi connectivity index (χ1n) is 9.46. The maximum absolute atomic E-state index is 12.8. The van der Waals surface area contributed by atoms with E-state index < -0.39 is 0 Å². The highest BCUT2D eigenvalue weighted by molar-refractivity contribution is 5.94. The average molecular weight is 377 g/mol. The van der Waals surface area contributed by atoms with E-state index in [1.165, 1.54) is 0 Å². The summed E-state index contributed by atoms with van der Waals surface area (Å²) in [5.41, 5.74) is 2.86. The Morgan fingerprint density at radius 2 is 1.86 bits per heavy atom. The highest BCUT2D eigenvalue weighted by atomic mass is 16.5. The van der Waals surface area contributed by atoms with E-state index in [-0.39, 0.29) is 12.0 Å². The zero-order valence-corrected chi connectivity index (χ0v) is 15.9.